The molecule has 3 heterocycles. The molecule has 0 N–H and O–H groups in total. The average molecular weight is 666 g/mol. The topological polar surface area (TPSA) is 9.23 Å². The summed E-state index contributed by atoms with van der Waals surface area (Å²) in [5, 5.41) is 0. The van der Waals surface area contributed by atoms with Gasteiger partial charge >= 0.3 is 250 Å². The Morgan fingerprint density at radius 1 is 0.632 bits per heavy atom. The van der Waals surface area contributed by atoms with Crippen LogP contribution in [0.2, 0.25) is 13.3 Å². The fourth-order valence-corrected chi connectivity index (χ4v) is 28.1. The first-order chi connectivity index (χ1) is 18.5. The van der Waals surface area contributed by atoms with Crippen LogP contribution in [0.25, 0.3) is 9.75 Å². The molecular formula is C34H58OS2Sn. The third-order valence-electron chi connectivity index (χ3n) is 8.97. The van der Waals surface area contributed by atoms with E-state index in [0.717, 1.165) is 0 Å². The van der Waals surface area contributed by atoms with E-state index in [0.29, 0.717) is 0 Å². The average Bonchev–Trinajstić information content (AvgIpc) is 3.53. The summed E-state index contributed by atoms with van der Waals surface area (Å²) in [6.07, 6.45) is 21.3. The van der Waals surface area contributed by atoms with Crippen LogP contribution >= 0.6 is 22.7 Å². The van der Waals surface area contributed by atoms with Gasteiger partial charge in [-0.3, -0.25) is 0 Å². The quantitative estimate of drug-likeness (QED) is 0.101. The van der Waals surface area contributed by atoms with Crippen molar-refractivity contribution < 1.29 is 4.74 Å². The number of fused-ring (bicyclic) bond motifs is 3. The Morgan fingerprint density at radius 3 is 1.66 bits per heavy atom. The van der Waals surface area contributed by atoms with Crippen LogP contribution < -0.4 is 7.63 Å². The summed E-state index contributed by atoms with van der Waals surface area (Å²) >= 11 is 1.73. The third-order valence-corrected chi connectivity index (χ3v) is 29.5. The molecule has 0 bridgehead atoms. The first kappa shape index (κ1) is 32.5. The third kappa shape index (κ3) is 8.05. The molecule has 0 atom stereocenters. The molecule has 0 amide bonds. The Kier molecular flexibility index (Phi) is 14.1. The maximum absolute atomic E-state index is 7.24. The van der Waals surface area contributed by atoms with Crippen molar-refractivity contribution in [3.63, 3.8) is 0 Å². The molecule has 0 radical (unpaired) electrons. The van der Waals surface area contributed by atoms with Gasteiger partial charge in [0.25, 0.3) is 0 Å². The zero-order valence-corrected chi connectivity index (χ0v) is 30.3. The van der Waals surface area contributed by atoms with E-state index in [1.54, 1.807) is 23.8 Å². The van der Waals surface area contributed by atoms with E-state index in [9.17, 15) is 0 Å². The minimum atomic E-state index is -2.51. The summed E-state index contributed by atoms with van der Waals surface area (Å²) in [6, 6.07) is 5.16. The van der Waals surface area contributed by atoms with Gasteiger partial charge in [0.05, 0.1) is 0 Å². The van der Waals surface area contributed by atoms with Crippen LogP contribution in [0.1, 0.15) is 148 Å². The molecule has 0 unspecified atom stereocenters. The zero-order chi connectivity index (χ0) is 27.4. The van der Waals surface area contributed by atoms with Gasteiger partial charge in [0.15, 0.2) is 0 Å². The fraction of sp³-hybridized carbons (Fsp3) is 0.765. The molecule has 0 aliphatic carbocycles. The Bertz CT molecular complexity index is 909. The molecule has 4 heteroatoms. The van der Waals surface area contributed by atoms with Crippen LogP contribution in [-0.2, 0) is 5.60 Å². The Labute approximate surface area is 248 Å². The first-order valence-corrected chi connectivity index (χ1v) is 25.5. The van der Waals surface area contributed by atoms with Gasteiger partial charge in [0.2, 0.25) is 0 Å². The molecule has 1 aliphatic heterocycles. The summed E-state index contributed by atoms with van der Waals surface area (Å²) in [4.78, 5) is 4.48. The van der Waals surface area contributed by atoms with Crippen molar-refractivity contribution in [3.8, 4) is 15.5 Å². The zero-order valence-electron chi connectivity index (χ0n) is 25.8. The van der Waals surface area contributed by atoms with E-state index in [4.69, 9.17) is 4.74 Å². The van der Waals surface area contributed by atoms with Gasteiger partial charge in [-0.25, -0.2) is 0 Å². The summed E-state index contributed by atoms with van der Waals surface area (Å²) in [6.45, 7) is 14.2. The van der Waals surface area contributed by atoms with Gasteiger partial charge in [0, 0.05) is 0 Å². The van der Waals surface area contributed by atoms with Crippen LogP contribution in [0.4, 0.5) is 0 Å². The van der Waals surface area contributed by atoms with Crippen molar-refractivity contribution >= 4 is 43.9 Å². The second-order valence-electron chi connectivity index (χ2n) is 12.2. The van der Waals surface area contributed by atoms with Crippen LogP contribution in [0, 0.1) is 6.92 Å². The van der Waals surface area contributed by atoms with E-state index < -0.39 is 18.4 Å². The molecule has 0 fully saturated rings. The number of hydrogen-bond acceptors (Lipinski definition) is 3. The maximum atomic E-state index is 7.24. The molecule has 2 aromatic heterocycles. The number of ether oxygens (including phenoxy) is 1. The Morgan fingerprint density at radius 2 is 1.16 bits per heavy atom. The number of hydrogen-bond donors (Lipinski definition) is 0. The molecular weight excluding hydrogens is 607 g/mol. The van der Waals surface area contributed by atoms with Crippen LogP contribution in [0.15, 0.2) is 12.1 Å². The fourth-order valence-electron chi connectivity index (χ4n) is 6.61. The van der Waals surface area contributed by atoms with E-state index in [1.807, 2.05) is 14.2 Å². The van der Waals surface area contributed by atoms with Crippen molar-refractivity contribution in [2.75, 3.05) is 0 Å². The first-order valence-electron chi connectivity index (χ1n) is 16.4. The summed E-state index contributed by atoms with van der Waals surface area (Å²) in [5.74, 6) is 1.20. The van der Waals surface area contributed by atoms with Gasteiger partial charge in [-0.15, -0.1) is 0 Å². The molecule has 2 aromatic rings. The molecule has 0 saturated heterocycles. The predicted molar refractivity (Wildman–Crippen MR) is 177 cm³/mol. The van der Waals surface area contributed by atoms with Crippen molar-refractivity contribution in [2.24, 2.45) is 0 Å². The van der Waals surface area contributed by atoms with Crippen molar-refractivity contribution in [1.82, 2.24) is 0 Å². The number of thiophene rings is 2. The van der Waals surface area contributed by atoms with Crippen LogP contribution in [-0.4, -0.2) is 18.4 Å². The molecule has 216 valence electrons. The van der Waals surface area contributed by atoms with E-state index in [2.05, 4.69) is 65.0 Å². The van der Waals surface area contributed by atoms with E-state index in [-0.39, 0.29) is 5.60 Å². The van der Waals surface area contributed by atoms with Crippen molar-refractivity contribution in [3.05, 3.63) is 22.6 Å². The van der Waals surface area contributed by atoms with Gasteiger partial charge in [-0.1, -0.05) is 0 Å². The number of rotatable bonds is 20. The molecule has 0 spiro atoms. The second kappa shape index (κ2) is 16.4. The second-order valence-corrected chi connectivity index (χ2v) is 28.7. The van der Waals surface area contributed by atoms with Gasteiger partial charge in [0.1, 0.15) is 0 Å². The van der Waals surface area contributed by atoms with E-state index in [1.165, 1.54) is 118 Å². The molecule has 1 nitrogen and oxygen atoms in total. The molecule has 0 aromatic carbocycles. The summed E-state index contributed by atoms with van der Waals surface area (Å²) < 4.78 is 13.8. The Balaban J connectivity index is 2.12. The van der Waals surface area contributed by atoms with Crippen molar-refractivity contribution in [1.29, 1.82) is 0 Å². The van der Waals surface area contributed by atoms with Crippen molar-refractivity contribution in [2.45, 2.75) is 163 Å². The minimum absolute atomic E-state index is 0.107. The SMILES string of the molecule is CCCCCCC1(CCCCCC)Oc2cc(C)sc2-c2s[c]([Sn]([CH2]CCC)([CH2]CCC)[CH2]CCC)cc21. The molecule has 38 heavy (non-hydrogen) atoms. The van der Waals surface area contributed by atoms with Gasteiger partial charge in [-0.05, 0) is 0 Å². The monoisotopic (exact) mass is 666 g/mol. The number of unbranched alkanes of at least 4 members (excludes halogenated alkanes) is 9. The molecule has 0 saturated carbocycles. The van der Waals surface area contributed by atoms with Crippen LogP contribution in [0.3, 0.4) is 0 Å². The van der Waals surface area contributed by atoms with Gasteiger partial charge < -0.3 is 0 Å². The van der Waals surface area contributed by atoms with E-state index >= 15 is 0 Å². The molecule has 3 rings (SSSR count). The Hall–Kier alpha value is -0.00130. The van der Waals surface area contributed by atoms with Crippen LogP contribution in [0.5, 0.6) is 5.75 Å². The van der Waals surface area contributed by atoms with Gasteiger partial charge in [-0.2, -0.15) is 0 Å². The predicted octanol–water partition coefficient (Wildman–Crippen LogP) is 12.4. The standard InChI is InChI=1S/C22H31OS2.3C4H9.Sn/c1-4-6-8-10-13-22(14-11-9-7-5-2)18-12-15-24-20(18)21-19(23-22)16-17(3)25-21;3*1-3-4-2;/h12,16H,4-11,13-14H2,1-3H3;3*1,3-4H2,2H3;. The summed E-state index contributed by atoms with van der Waals surface area (Å²) in [5.41, 5.74) is 1.51. The summed E-state index contributed by atoms with van der Waals surface area (Å²) in [7, 11) is 0. The normalized spacial score (nSPS) is 14.4. The number of aryl methyl sites for hydroxylation is 1. The molecule has 1 aliphatic rings.